The number of carbonyl (C=O) groups is 3. The molecule has 1 atom stereocenters. The predicted octanol–water partition coefficient (Wildman–Crippen LogP) is 7.05. The highest BCUT2D eigenvalue weighted by molar-refractivity contribution is 6.31. The molecule has 0 saturated heterocycles. The summed E-state index contributed by atoms with van der Waals surface area (Å²) in [7, 11) is 1.26. The summed E-state index contributed by atoms with van der Waals surface area (Å²) < 4.78 is 33.6. The fourth-order valence-corrected chi connectivity index (χ4v) is 4.90. The quantitative estimate of drug-likeness (QED) is 0.258. The first-order valence-corrected chi connectivity index (χ1v) is 13.9. The number of aromatic nitrogens is 1. The molecule has 220 valence electrons. The second-order valence-electron chi connectivity index (χ2n) is 9.99. The Morgan fingerprint density at radius 2 is 1.93 bits per heavy atom. The summed E-state index contributed by atoms with van der Waals surface area (Å²) in [6, 6.07) is 10.9. The van der Waals surface area contributed by atoms with Crippen molar-refractivity contribution in [2.24, 2.45) is 5.92 Å². The van der Waals surface area contributed by atoms with E-state index in [4.69, 9.17) is 11.6 Å². The molecule has 2 heterocycles. The van der Waals surface area contributed by atoms with Gasteiger partial charge in [0.2, 0.25) is 11.8 Å². The summed E-state index contributed by atoms with van der Waals surface area (Å²) in [6.07, 6.45) is 3.99. The van der Waals surface area contributed by atoms with Gasteiger partial charge in [-0.2, -0.15) is 0 Å². The molecule has 2 N–H and O–H groups in total. The van der Waals surface area contributed by atoms with Crippen LogP contribution in [0.5, 0.6) is 0 Å². The van der Waals surface area contributed by atoms with Crippen LogP contribution in [0.15, 0.2) is 54.7 Å². The number of ether oxygens (including phenoxy) is 1. The van der Waals surface area contributed by atoms with Crippen LogP contribution in [-0.2, 0) is 20.9 Å². The van der Waals surface area contributed by atoms with Crippen LogP contribution in [0.4, 0.5) is 25.0 Å². The highest BCUT2D eigenvalue weighted by Crippen LogP contribution is 2.33. The molecule has 11 heteroatoms. The SMILES string of the molecule is CCC[C@H](C)C(=O)Nc1cc(NC(=O)OC)ccc1-c1ccnc(CN2CCC(c3c(F)ccc(Cl)c3F)=CC2=O)c1. The maximum Gasteiger partial charge on any atom is 0.411 e. The van der Waals surface area contributed by atoms with E-state index in [2.05, 4.69) is 20.4 Å². The first-order valence-electron chi connectivity index (χ1n) is 13.5. The molecule has 1 aliphatic heterocycles. The molecule has 1 aliphatic rings. The number of rotatable bonds is 9. The van der Waals surface area contributed by atoms with Gasteiger partial charge in [0.15, 0.2) is 5.82 Å². The third-order valence-corrected chi connectivity index (χ3v) is 7.28. The Morgan fingerprint density at radius 3 is 2.64 bits per heavy atom. The van der Waals surface area contributed by atoms with Gasteiger partial charge in [0.25, 0.3) is 0 Å². The number of methoxy groups -OCH3 is 1. The fraction of sp³-hybridized carbons (Fsp3) is 0.290. The Morgan fingerprint density at radius 1 is 1.14 bits per heavy atom. The first kappa shape index (κ1) is 30.6. The summed E-state index contributed by atoms with van der Waals surface area (Å²) in [5, 5.41) is 5.36. The van der Waals surface area contributed by atoms with Crippen LogP contribution in [0, 0.1) is 17.6 Å². The molecule has 2 aromatic carbocycles. The minimum atomic E-state index is -0.890. The zero-order valence-electron chi connectivity index (χ0n) is 23.5. The number of pyridine rings is 1. The van der Waals surface area contributed by atoms with Gasteiger partial charge in [-0.1, -0.05) is 37.9 Å². The van der Waals surface area contributed by atoms with E-state index in [0.717, 1.165) is 30.5 Å². The third-order valence-electron chi connectivity index (χ3n) is 6.98. The van der Waals surface area contributed by atoms with Crippen molar-refractivity contribution >= 4 is 46.5 Å². The molecule has 3 amide bonds. The largest absolute Gasteiger partial charge is 0.453 e. The number of nitrogens with one attached hydrogen (secondary N) is 2. The van der Waals surface area contributed by atoms with Crippen molar-refractivity contribution < 1.29 is 27.9 Å². The number of carbonyl (C=O) groups excluding carboxylic acids is 3. The molecule has 1 aromatic heterocycles. The van der Waals surface area contributed by atoms with Crippen molar-refractivity contribution in [3.05, 3.63) is 82.7 Å². The monoisotopic (exact) mass is 596 g/mol. The van der Waals surface area contributed by atoms with Crippen LogP contribution in [-0.4, -0.2) is 41.4 Å². The Labute approximate surface area is 247 Å². The van der Waals surface area contributed by atoms with E-state index in [-0.39, 0.29) is 47.5 Å². The van der Waals surface area contributed by atoms with E-state index < -0.39 is 23.6 Å². The molecule has 0 saturated carbocycles. The van der Waals surface area contributed by atoms with Gasteiger partial charge >= 0.3 is 6.09 Å². The van der Waals surface area contributed by atoms with Crippen LogP contribution in [0.1, 0.15) is 44.4 Å². The van der Waals surface area contributed by atoms with Crippen LogP contribution < -0.4 is 10.6 Å². The Kier molecular flexibility index (Phi) is 9.90. The molecule has 8 nitrogen and oxygen atoms in total. The number of halogens is 3. The van der Waals surface area contributed by atoms with Crippen LogP contribution in [0.3, 0.4) is 0 Å². The van der Waals surface area contributed by atoms with E-state index >= 15 is 0 Å². The van der Waals surface area contributed by atoms with Crippen LogP contribution >= 0.6 is 11.6 Å². The van der Waals surface area contributed by atoms with Crippen LogP contribution in [0.2, 0.25) is 5.02 Å². The van der Waals surface area contributed by atoms with E-state index in [9.17, 15) is 23.2 Å². The molecule has 0 bridgehead atoms. The predicted molar refractivity (Wildman–Crippen MR) is 158 cm³/mol. The first-order chi connectivity index (χ1) is 20.1. The van der Waals surface area contributed by atoms with E-state index in [1.54, 1.807) is 36.5 Å². The summed E-state index contributed by atoms with van der Waals surface area (Å²) in [6.45, 7) is 4.25. The zero-order valence-corrected chi connectivity index (χ0v) is 24.2. The second-order valence-corrected chi connectivity index (χ2v) is 10.4. The minimum absolute atomic E-state index is 0.156. The molecule has 0 aliphatic carbocycles. The van der Waals surface area contributed by atoms with Crippen molar-refractivity contribution in [2.75, 3.05) is 24.3 Å². The number of hydrogen-bond donors (Lipinski definition) is 2. The Balaban J connectivity index is 1.59. The Bertz CT molecular complexity index is 1550. The lowest BCUT2D eigenvalue weighted by atomic mass is 9.97. The molecular formula is C31H31ClF2N4O4. The topological polar surface area (TPSA) is 101 Å². The molecule has 3 aromatic rings. The second kappa shape index (κ2) is 13.6. The van der Waals surface area contributed by atoms with Crippen molar-refractivity contribution in [3.63, 3.8) is 0 Å². The maximum absolute atomic E-state index is 14.5. The average Bonchev–Trinajstić information content (AvgIpc) is 2.97. The lowest BCUT2D eigenvalue weighted by Gasteiger charge is -2.27. The molecule has 4 rings (SSSR count). The molecule has 0 radical (unpaired) electrons. The molecule has 0 spiro atoms. The Hall–Kier alpha value is -4.31. The van der Waals surface area contributed by atoms with Gasteiger partial charge in [-0.15, -0.1) is 0 Å². The fourth-order valence-electron chi connectivity index (χ4n) is 4.75. The van der Waals surface area contributed by atoms with E-state index in [1.165, 1.54) is 18.1 Å². The number of hydrogen-bond acceptors (Lipinski definition) is 5. The normalized spacial score (nSPS) is 13.8. The molecular weight excluding hydrogens is 566 g/mol. The maximum atomic E-state index is 14.5. The van der Waals surface area contributed by atoms with Gasteiger partial charge in [-0.25, -0.2) is 13.6 Å². The van der Waals surface area contributed by atoms with Gasteiger partial charge in [-0.3, -0.25) is 19.9 Å². The smallest absolute Gasteiger partial charge is 0.411 e. The third kappa shape index (κ3) is 7.12. The van der Waals surface area contributed by atoms with Crippen molar-refractivity contribution in [1.29, 1.82) is 0 Å². The summed E-state index contributed by atoms with van der Waals surface area (Å²) in [5.41, 5.74) is 2.87. The van der Waals surface area contributed by atoms with Gasteiger partial charge in [0.05, 0.1) is 35.6 Å². The van der Waals surface area contributed by atoms with Crippen molar-refractivity contribution in [1.82, 2.24) is 9.88 Å². The van der Waals surface area contributed by atoms with Crippen molar-refractivity contribution in [2.45, 2.75) is 39.7 Å². The number of benzene rings is 2. The van der Waals surface area contributed by atoms with Gasteiger partial charge < -0.3 is 15.0 Å². The molecule has 0 fully saturated rings. The van der Waals surface area contributed by atoms with E-state index in [1.807, 2.05) is 13.8 Å². The number of anilines is 2. The summed E-state index contributed by atoms with van der Waals surface area (Å²) in [5.74, 6) is -2.45. The highest BCUT2D eigenvalue weighted by Gasteiger charge is 2.25. The highest BCUT2D eigenvalue weighted by atomic mass is 35.5. The van der Waals surface area contributed by atoms with Crippen LogP contribution in [0.25, 0.3) is 16.7 Å². The summed E-state index contributed by atoms with van der Waals surface area (Å²) in [4.78, 5) is 43.5. The minimum Gasteiger partial charge on any atom is -0.453 e. The average molecular weight is 597 g/mol. The molecule has 42 heavy (non-hydrogen) atoms. The zero-order chi connectivity index (χ0) is 30.4. The summed E-state index contributed by atoms with van der Waals surface area (Å²) >= 11 is 5.83. The van der Waals surface area contributed by atoms with Gasteiger partial charge in [-0.05, 0) is 60.4 Å². The lowest BCUT2D eigenvalue weighted by molar-refractivity contribution is -0.127. The van der Waals surface area contributed by atoms with Crippen molar-refractivity contribution in [3.8, 4) is 11.1 Å². The molecule has 0 unspecified atom stereocenters. The standard InChI is InChI=1S/C31H31ClF2N4O4/c1-4-5-18(2)30(40)37-26-16-21(36-31(41)42-3)6-7-23(26)19-10-12-35-22(14-19)17-38-13-11-20(15-27(38)39)28-25(33)9-8-24(32)29(28)34/h6-10,12,14-16,18H,4-5,11,13,17H2,1-3H3,(H,36,41)(H,37,40)/t18-/m0/s1. The lowest BCUT2D eigenvalue weighted by Crippen LogP contribution is -2.33. The number of nitrogens with zero attached hydrogens (tertiary/aromatic N) is 2. The van der Waals surface area contributed by atoms with Gasteiger partial charge in [0.1, 0.15) is 5.82 Å². The van der Waals surface area contributed by atoms with E-state index in [0.29, 0.717) is 22.6 Å². The van der Waals surface area contributed by atoms with Gasteiger partial charge in [0, 0.05) is 36.0 Å². The number of amides is 3.